The van der Waals surface area contributed by atoms with E-state index in [1.807, 2.05) is 0 Å². The van der Waals surface area contributed by atoms with Gasteiger partial charge in [-0.3, -0.25) is 19.2 Å². The summed E-state index contributed by atoms with van der Waals surface area (Å²) >= 11 is 4.16. The first-order chi connectivity index (χ1) is 14.2. The van der Waals surface area contributed by atoms with Crippen molar-refractivity contribution in [3.63, 3.8) is 0 Å². The number of nitrogens with one attached hydrogen (secondary N) is 3. The van der Waals surface area contributed by atoms with Gasteiger partial charge in [-0.05, 0) is 38.6 Å². The van der Waals surface area contributed by atoms with Crippen LogP contribution in [0.1, 0.15) is 38.5 Å². The van der Waals surface area contributed by atoms with Crippen molar-refractivity contribution in [3.8, 4) is 0 Å². The molecule has 2 aliphatic rings. The molecule has 2 saturated heterocycles. The number of carbonyl (C=O) groups is 5. The van der Waals surface area contributed by atoms with Crippen molar-refractivity contribution in [1.82, 2.24) is 20.9 Å². The fraction of sp³-hybridized carbons (Fsp3) is 0.722. The number of nitrogens with zero attached hydrogens (tertiary/aromatic N) is 1. The maximum Gasteiger partial charge on any atom is 0.326 e. The second kappa shape index (κ2) is 11.2. The monoisotopic (exact) mass is 444 g/mol. The molecule has 4 unspecified atom stereocenters. The molecule has 5 N–H and O–H groups in total. The highest BCUT2D eigenvalue weighted by Gasteiger charge is 2.39. The Balaban J connectivity index is 2.00. The lowest BCUT2D eigenvalue weighted by Gasteiger charge is -2.29. The van der Waals surface area contributed by atoms with Crippen molar-refractivity contribution in [2.45, 2.75) is 62.7 Å². The second-order valence-electron chi connectivity index (χ2n) is 7.41. The molecular weight excluding hydrogens is 416 g/mol. The molecule has 168 valence electrons. The zero-order chi connectivity index (χ0) is 22.3. The van der Waals surface area contributed by atoms with Gasteiger partial charge in [0.15, 0.2) is 0 Å². The average molecular weight is 445 g/mol. The topological polar surface area (TPSA) is 165 Å². The van der Waals surface area contributed by atoms with Gasteiger partial charge in [-0.1, -0.05) is 0 Å². The maximum absolute atomic E-state index is 12.9. The molecule has 0 spiro atoms. The first-order valence-corrected chi connectivity index (χ1v) is 10.6. The van der Waals surface area contributed by atoms with E-state index in [0.29, 0.717) is 25.8 Å². The lowest BCUT2D eigenvalue weighted by Crippen LogP contribution is -2.57. The smallest absolute Gasteiger partial charge is 0.326 e. The van der Waals surface area contributed by atoms with E-state index >= 15 is 0 Å². The van der Waals surface area contributed by atoms with Gasteiger partial charge in [-0.25, -0.2) is 4.79 Å². The highest BCUT2D eigenvalue weighted by atomic mass is 32.1. The number of rotatable bonds is 10. The largest absolute Gasteiger partial charge is 0.481 e. The molecule has 12 heteroatoms. The van der Waals surface area contributed by atoms with E-state index < -0.39 is 48.3 Å². The SMILES string of the molecule is O=C(O)CCC(NC(=O)C1CCCN1C(=O)C(CS)NC(=O)C1CCCN1)C(=O)O. The van der Waals surface area contributed by atoms with Gasteiger partial charge < -0.3 is 31.1 Å². The van der Waals surface area contributed by atoms with Gasteiger partial charge in [-0.15, -0.1) is 0 Å². The number of hydrogen-bond donors (Lipinski definition) is 6. The van der Waals surface area contributed by atoms with E-state index in [0.717, 1.165) is 13.0 Å². The summed E-state index contributed by atoms with van der Waals surface area (Å²) in [6.07, 6.45) is 1.78. The molecule has 0 bridgehead atoms. The van der Waals surface area contributed by atoms with Gasteiger partial charge >= 0.3 is 11.9 Å². The van der Waals surface area contributed by atoms with E-state index in [1.54, 1.807) is 0 Å². The van der Waals surface area contributed by atoms with Crippen LogP contribution in [0.15, 0.2) is 0 Å². The van der Waals surface area contributed by atoms with Crippen molar-refractivity contribution in [3.05, 3.63) is 0 Å². The molecule has 0 aliphatic carbocycles. The molecule has 2 aliphatic heterocycles. The van der Waals surface area contributed by atoms with Crippen LogP contribution in [0, 0.1) is 0 Å². The summed E-state index contributed by atoms with van der Waals surface area (Å²) in [6.45, 7) is 1.03. The number of amides is 3. The quantitative estimate of drug-likeness (QED) is 0.223. The predicted octanol–water partition coefficient (Wildman–Crippen LogP) is -1.42. The van der Waals surface area contributed by atoms with E-state index in [-0.39, 0.29) is 24.1 Å². The minimum Gasteiger partial charge on any atom is -0.481 e. The van der Waals surface area contributed by atoms with Gasteiger partial charge in [0.1, 0.15) is 18.1 Å². The molecular formula is C18H28N4O7S. The second-order valence-corrected chi connectivity index (χ2v) is 7.78. The highest BCUT2D eigenvalue weighted by Crippen LogP contribution is 2.19. The molecule has 2 heterocycles. The van der Waals surface area contributed by atoms with E-state index in [9.17, 15) is 29.1 Å². The Morgan fingerprint density at radius 2 is 1.73 bits per heavy atom. The van der Waals surface area contributed by atoms with Crippen LogP contribution in [0.25, 0.3) is 0 Å². The number of carbonyl (C=O) groups excluding carboxylic acids is 3. The van der Waals surface area contributed by atoms with Crippen molar-refractivity contribution >= 4 is 42.3 Å². The third kappa shape index (κ3) is 6.33. The lowest BCUT2D eigenvalue weighted by atomic mass is 10.1. The summed E-state index contributed by atoms with van der Waals surface area (Å²) in [7, 11) is 0. The van der Waals surface area contributed by atoms with Gasteiger partial charge in [-0.2, -0.15) is 12.6 Å². The molecule has 4 atom stereocenters. The van der Waals surface area contributed by atoms with Crippen LogP contribution in [0.5, 0.6) is 0 Å². The summed E-state index contributed by atoms with van der Waals surface area (Å²) in [5, 5.41) is 26.0. The summed E-state index contributed by atoms with van der Waals surface area (Å²) in [6, 6.07) is -3.50. The third-order valence-electron chi connectivity index (χ3n) is 5.27. The predicted molar refractivity (Wildman–Crippen MR) is 108 cm³/mol. The Bertz CT molecular complexity index is 683. The van der Waals surface area contributed by atoms with Crippen LogP contribution >= 0.6 is 12.6 Å². The molecule has 0 aromatic carbocycles. The maximum atomic E-state index is 12.9. The van der Waals surface area contributed by atoms with E-state index in [1.165, 1.54) is 4.90 Å². The number of hydrogen-bond acceptors (Lipinski definition) is 7. The van der Waals surface area contributed by atoms with Crippen LogP contribution in [-0.2, 0) is 24.0 Å². The van der Waals surface area contributed by atoms with Crippen LogP contribution in [-0.4, -0.2) is 87.8 Å². The Labute approximate surface area is 179 Å². The van der Waals surface area contributed by atoms with Gasteiger partial charge in [0, 0.05) is 18.7 Å². The van der Waals surface area contributed by atoms with E-state index in [4.69, 9.17) is 5.11 Å². The Morgan fingerprint density at radius 1 is 1.03 bits per heavy atom. The van der Waals surface area contributed by atoms with Crippen molar-refractivity contribution in [2.75, 3.05) is 18.8 Å². The molecule has 30 heavy (non-hydrogen) atoms. The zero-order valence-corrected chi connectivity index (χ0v) is 17.4. The Hall–Kier alpha value is -2.34. The third-order valence-corrected chi connectivity index (χ3v) is 5.64. The first-order valence-electron chi connectivity index (χ1n) is 9.94. The molecule has 0 aromatic heterocycles. The molecule has 0 aromatic rings. The van der Waals surface area contributed by atoms with Gasteiger partial charge in [0.05, 0.1) is 6.04 Å². The van der Waals surface area contributed by atoms with Gasteiger partial charge in [0.25, 0.3) is 0 Å². The standard InChI is InChI=1S/C18H28N4O7S/c23-14(24)6-5-11(18(28)29)20-16(26)13-4-2-8-22(13)17(27)12(9-30)21-15(25)10-3-1-7-19-10/h10-13,19,30H,1-9H2,(H,20,26)(H,21,25)(H,23,24)(H,28,29). The van der Waals surface area contributed by atoms with Crippen molar-refractivity contribution in [2.24, 2.45) is 0 Å². The highest BCUT2D eigenvalue weighted by molar-refractivity contribution is 7.80. The summed E-state index contributed by atoms with van der Waals surface area (Å²) < 4.78 is 0. The van der Waals surface area contributed by atoms with Crippen LogP contribution < -0.4 is 16.0 Å². The normalized spacial score (nSPS) is 22.9. The lowest BCUT2D eigenvalue weighted by molar-refractivity contribution is -0.145. The van der Waals surface area contributed by atoms with Crippen molar-refractivity contribution < 1.29 is 34.2 Å². The molecule has 2 rings (SSSR count). The zero-order valence-electron chi connectivity index (χ0n) is 16.5. The van der Waals surface area contributed by atoms with Crippen LogP contribution in [0.3, 0.4) is 0 Å². The summed E-state index contributed by atoms with van der Waals surface area (Å²) in [4.78, 5) is 61.3. The van der Waals surface area contributed by atoms with E-state index in [2.05, 4.69) is 28.6 Å². The molecule has 3 amide bonds. The first kappa shape index (κ1) is 23.9. The fourth-order valence-corrected chi connectivity index (χ4v) is 3.91. The number of thiol groups is 1. The number of carboxylic acids is 2. The van der Waals surface area contributed by atoms with Gasteiger partial charge in [0.2, 0.25) is 17.7 Å². The fourth-order valence-electron chi connectivity index (χ4n) is 3.66. The number of aliphatic carboxylic acids is 2. The number of likely N-dealkylation sites (tertiary alicyclic amines) is 1. The van der Waals surface area contributed by atoms with Crippen LogP contribution in [0.4, 0.5) is 0 Å². The summed E-state index contributed by atoms with van der Waals surface area (Å²) in [5.41, 5.74) is 0. The Kier molecular flexibility index (Phi) is 8.90. The molecule has 0 radical (unpaired) electrons. The average Bonchev–Trinajstić information content (AvgIpc) is 3.39. The summed E-state index contributed by atoms with van der Waals surface area (Å²) in [5.74, 6) is -3.85. The minimum absolute atomic E-state index is 0.0541. The number of carboxylic acid groups (broad SMARTS) is 2. The Morgan fingerprint density at radius 3 is 2.30 bits per heavy atom. The van der Waals surface area contributed by atoms with Crippen LogP contribution in [0.2, 0.25) is 0 Å². The molecule has 2 fully saturated rings. The molecule has 0 saturated carbocycles. The van der Waals surface area contributed by atoms with Crippen molar-refractivity contribution in [1.29, 1.82) is 0 Å². The molecule has 11 nitrogen and oxygen atoms in total. The minimum atomic E-state index is -1.36.